The summed E-state index contributed by atoms with van der Waals surface area (Å²) in [7, 11) is 0. The lowest BCUT2D eigenvalue weighted by Crippen LogP contribution is -2.47. The molecule has 0 aliphatic carbocycles. The number of hydrogen-bond acceptors (Lipinski definition) is 6. The van der Waals surface area contributed by atoms with Crippen LogP contribution in [0, 0.1) is 0 Å². The quantitative estimate of drug-likeness (QED) is 0.844. The summed E-state index contributed by atoms with van der Waals surface area (Å²) in [6, 6.07) is 4.14. The second-order valence-corrected chi connectivity index (χ2v) is 6.76. The third kappa shape index (κ3) is 4.55. The summed E-state index contributed by atoms with van der Waals surface area (Å²) in [5.41, 5.74) is 5.77. The number of amides is 1. The third-order valence-electron chi connectivity index (χ3n) is 4.21. The van der Waals surface area contributed by atoms with Gasteiger partial charge in [0.05, 0.1) is 4.88 Å². The second-order valence-electron chi connectivity index (χ2n) is 5.82. The molecule has 0 bridgehead atoms. The summed E-state index contributed by atoms with van der Waals surface area (Å²) < 4.78 is 5.26. The van der Waals surface area contributed by atoms with Crippen molar-refractivity contribution in [3.05, 3.63) is 23.4 Å². The second kappa shape index (κ2) is 9.15. The number of hydrogen-bond donors (Lipinski definition) is 1. The van der Waals surface area contributed by atoms with Crippen LogP contribution in [0.2, 0.25) is 0 Å². The molecule has 8 heteroatoms. The number of halogens is 1. The molecule has 1 fully saturated rings. The van der Waals surface area contributed by atoms with E-state index in [2.05, 4.69) is 10.1 Å². The van der Waals surface area contributed by atoms with Gasteiger partial charge in [-0.2, -0.15) is 4.98 Å². The SMILES string of the molecule is Cl.NCC1CCCCN1C(=O)CCCc1nc(-c2cccs2)no1. The van der Waals surface area contributed by atoms with Crippen LogP contribution in [-0.2, 0) is 11.2 Å². The molecular weight excluding hydrogens is 348 g/mol. The summed E-state index contributed by atoms with van der Waals surface area (Å²) in [5.74, 6) is 1.41. The zero-order chi connectivity index (χ0) is 16.1. The topological polar surface area (TPSA) is 85.2 Å². The normalized spacial score (nSPS) is 17.5. The van der Waals surface area contributed by atoms with Crippen LogP contribution in [-0.4, -0.2) is 40.1 Å². The number of aryl methyl sites for hydroxylation is 1. The average Bonchev–Trinajstić information content (AvgIpc) is 3.26. The van der Waals surface area contributed by atoms with Crippen molar-refractivity contribution in [1.29, 1.82) is 0 Å². The van der Waals surface area contributed by atoms with Crippen LogP contribution in [0.1, 0.15) is 38.0 Å². The van der Waals surface area contributed by atoms with E-state index in [1.807, 2.05) is 22.4 Å². The van der Waals surface area contributed by atoms with E-state index >= 15 is 0 Å². The van der Waals surface area contributed by atoms with Crippen LogP contribution in [0.4, 0.5) is 0 Å². The molecule has 0 saturated carbocycles. The van der Waals surface area contributed by atoms with Gasteiger partial charge in [0.1, 0.15) is 0 Å². The molecule has 1 unspecified atom stereocenters. The molecule has 1 saturated heterocycles. The van der Waals surface area contributed by atoms with Crippen LogP contribution in [0.5, 0.6) is 0 Å². The van der Waals surface area contributed by atoms with Crippen molar-refractivity contribution in [2.24, 2.45) is 5.73 Å². The number of carbonyl (C=O) groups is 1. The largest absolute Gasteiger partial charge is 0.339 e. The number of piperidine rings is 1. The Morgan fingerprint density at radius 3 is 3.08 bits per heavy atom. The number of nitrogens with zero attached hydrogens (tertiary/aromatic N) is 3. The van der Waals surface area contributed by atoms with Gasteiger partial charge in [0, 0.05) is 32.0 Å². The zero-order valence-corrected chi connectivity index (χ0v) is 15.2. The standard InChI is InChI=1S/C16H22N4O2S.ClH/c17-11-12-5-1-2-9-20(12)15(21)8-3-7-14-18-16(19-22-14)13-6-4-10-23-13;/h4,6,10,12H,1-3,5,7-9,11,17H2;1H. The lowest BCUT2D eigenvalue weighted by atomic mass is 10.0. The molecule has 3 rings (SSSR count). The molecule has 1 amide bonds. The van der Waals surface area contributed by atoms with Crippen molar-refractivity contribution in [3.8, 4) is 10.7 Å². The monoisotopic (exact) mass is 370 g/mol. The number of nitrogens with two attached hydrogens (primary N) is 1. The Morgan fingerprint density at radius 1 is 1.46 bits per heavy atom. The molecule has 0 radical (unpaired) electrons. The van der Waals surface area contributed by atoms with Crippen molar-refractivity contribution in [3.63, 3.8) is 0 Å². The van der Waals surface area contributed by atoms with Gasteiger partial charge in [-0.25, -0.2) is 0 Å². The van der Waals surface area contributed by atoms with Crippen molar-refractivity contribution >= 4 is 29.7 Å². The Kier molecular flexibility index (Phi) is 7.20. The first-order chi connectivity index (χ1) is 11.3. The first-order valence-corrected chi connectivity index (χ1v) is 9.02. The molecule has 1 atom stereocenters. The summed E-state index contributed by atoms with van der Waals surface area (Å²) >= 11 is 1.58. The van der Waals surface area contributed by atoms with Gasteiger partial charge in [-0.3, -0.25) is 4.79 Å². The van der Waals surface area contributed by atoms with E-state index in [4.69, 9.17) is 10.3 Å². The smallest absolute Gasteiger partial charge is 0.226 e. The first kappa shape index (κ1) is 18.9. The Morgan fingerprint density at radius 2 is 2.33 bits per heavy atom. The van der Waals surface area contributed by atoms with Crippen molar-refractivity contribution < 1.29 is 9.32 Å². The van der Waals surface area contributed by atoms with Gasteiger partial charge in [0.2, 0.25) is 17.6 Å². The van der Waals surface area contributed by atoms with Crippen molar-refractivity contribution in [2.45, 2.75) is 44.6 Å². The molecule has 1 aliphatic heterocycles. The predicted molar refractivity (Wildman–Crippen MR) is 96.2 cm³/mol. The Balaban J connectivity index is 0.00000208. The molecule has 6 nitrogen and oxygen atoms in total. The number of thiophene rings is 1. The third-order valence-corrected chi connectivity index (χ3v) is 5.08. The fraction of sp³-hybridized carbons (Fsp3) is 0.562. The Labute approximate surface area is 151 Å². The molecule has 24 heavy (non-hydrogen) atoms. The van der Waals surface area contributed by atoms with Crippen LogP contribution in [0.25, 0.3) is 10.7 Å². The number of rotatable bonds is 6. The van der Waals surface area contributed by atoms with Gasteiger partial charge in [-0.1, -0.05) is 11.2 Å². The minimum Gasteiger partial charge on any atom is -0.339 e. The molecular formula is C16H23ClN4O2S. The van der Waals surface area contributed by atoms with Gasteiger partial charge in [-0.05, 0) is 37.1 Å². The lowest BCUT2D eigenvalue weighted by molar-refractivity contribution is -0.134. The number of likely N-dealkylation sites (tertiary alicyclic amines) is 1. The van der Waals surface area contributed by atoms with E-state index in [1.165, 1.54) is 6.42 Å². The van der Waals surface area contributed by atoms with Crippen molar-refractivity contribution in [2.75, 3.05) is 13.1 Å². The summed E-state index contributed by atoms with van der Waals surface area (Å²) in [5, 5.41) is 5.97. The van der Waals surface area contributed by atoms with E-state index in [-0.39, 0.29) is 24.4 Å². The highest BCUT2D eigenvalue weighted by Gasteiger charge is 2.25. The van der Waals surface area contributed by atoms with Gasteiger partial charge in [0.25, 0.3) is 0 Å². The van der Waals surface area contributed by atoms with E-state index in [0.717, 1.165) is 30.7 Å². The zero-order valence-electron chi connectivity index (χ0n) is 13.5. The van der Waals surface area contributed by atoms with Gasteiger partial charge in [0.15, 0.2) is 0 Å². The number of aromatic nitrogens is 2. The molecule has 2 aromatic rings. The van der Waals surface area contributed by atoms with Gasteiger partial charge >= 0.3 is 0 Å². The molecule has 0 aromatic carbocycles. The van der Waals surface area contributed by atoms with E-state index in [9.17, 15) is 4.79 Å². The maximum atomic E-state index is 12.4. The Hall–Kier alpha value is -1.44. The molecule has 0 spiro atoms. The van der Waals surface area contributed by atoms with E-state index in [0.29, 0.717) is 31.1 Å². The van der Waals surface area contributed by atoms with Crippen LogP contribution in [0.3, 0.4) is 0 Å². The molecule has 3 heterocycles. The maximum Gasteiger partial charge on any atom is 0.226 e. The summed E-state index contributed by atoms with van der Waals surface area (Å²) in [6.07, 6.45) is 5.13. The van der Waals surface area contributed by atoms with Gasteiger partial charge < -0.3 is 15.2 Å². The minimum absolute atomic E-state index is 0. The molecule has 2 aromatic heterocycles. The number of carbonyl (C=O) groups excluding carboxylic acids is 1. The Bertz CT molecular complexity index is 632. The van der Waals surface area contributed by atoms with E-state index in [1.54, 1.807) is 11.3 Å². The summed E-state index contributed by atoms with van der Waals surface area (Å²) in [6.45, 7) is 1.39. The van der Waals surface area contributed by atoms with E-state index < -0.39 is 0 Å². The van der Waals surface area contributed by atoms with Crippen LogP contribution >= 0.6 is 23.7 Å². The maximum absolute atomic E-state index is 12.4. The molecule has 132 valence electrons. The molecule has 2 N–H and O–H groups in total. The van der Waals surface area contributed by atoms with Crippen LogP contribution in [0.15, 0.2) is 22.0 Å². The predicted octanol–water partition coefficient (Wildman–Crippen LogP) is 2.88. The highest BCUT2D eigenvalue weighted by atomic mass is 35.5. The highest BCUT2D eigenvalue weighted by molar-refractivity contribution is 7.13. The average molecular weight is 371 g/mol. The van der Waals surface area contributed by atoms with Gasteiger partial charge in [-0.15, -0.1) is 23.7 Å². The fourth-order valence-electron chi connectivity index (χ4n) is 2.97. The minimum atomic E-state index is 0. The summed E-state index contributed by atoms with van der Waals surface area (Å²) in [4.78, 5) is 19.7. The fourth-order valence-corrected chi connectivity index (χ4v) is 3.62. The molecule has 1 aliphatic rings. The lowest BCUT2D eigenvalue weighted by Gasteiger charge is -2.35. The van der Waals surface area contributed by atoms with Crippen molar-refractivity contribution in [1.82, 2.24) is 15.0 Å². The first-order valence-electron chi connectivity index (χ1n) is 8.14. The highest BCUT2D eigenvalue weighted by Crippen LogP contribution is 2.22. The van der Waals surface area contributed by atoms with Crippen LogP contribution < -0.4 is 5.73 Å².